The lowest BCUT2D eigenvalue weighted by Crippen LogP contribution is -2.16. The molecular formula is C13H18N2O2. The molecule has 1 saturated carbocycles. The molecule has 0 amide bonds. The maximum absolute atomic E-state index is 10.8. The molecule has 1 fully saturated rings. The van der Waals surface area contributed by atoms with Gasteiger partial charge in [0.05, 0.1) is 16.9 Å². The second-order valence-corrected chi connectivity index (χ2v) is 4.87. The van der Waals surface area contributed by atoms with E-state index in [9.17, 15) is 4.79 Å². The molecule has 0 radical (unpaired) electrons. The molecule has 0 spiro atoms. The van der Waals surface area contributed by atoms with Crippen molar-refractivity contribution >= 4 is 17.3 Å². The van der Waals surface area contributed by atoms with E-state index in [4.69, 9.17) is 10.8 Å². The molecule has 0 bridgehead atoms. The van der Waals surface area contributed by atoms with Gasteiger partial charge in [0, 0.05) is 6.04 Å². The monoisotopic (exact) mass is 234 g/mol. The van der Waals surface area contributed by atoms with Gasteiger partial charge in [0.25, 0.3) is 0 Å². The number of aromatic carboxylic acids is 1. The topological polar surface area (TPSA) is 75.3 Å². The first-order valence-corrected chi connectivity index (χ1v) is 5.95. The zero-order valence-electron chi connectivity index (χ0n) is 9.94. The lowest BCUT2D eigenvalue weighted by molar-refractivity contribution is 0.0697. The van der Waals surface area contributed by atoms with Crippen molar-refractivity contribution < 1.29 is 9.90 Å². The number of nitrogens with one attached hydrogen (secondary N) is 1. The summed E-state index contributed by atoms with van der Waals surface area (Å²) < 4.78 is 0. The maximum Gasteiger partial charge on any atom is 0.335 e. The van der Waals surface area contributed by atoms with Crippen LogP contribution in [0.5, 0.6) is 0 Å². The van der Waals surface area contributed by atoms with Crippen LogP contribution in [0.25, 0.3) is 0 Å². The van der Waals surface area contributed by atoms with Crippen LogP contribution in [0.4, 0.5) is 11.4 Å². The number of rotatable bonds is 3. The van der Waals surface area contributed by atoms with Gasteiger partial charge >= 0.3 is 5.97 Å². The summed E-state index contributed by atoms with van der Waals surface area (Å²) in [5.41, 5.74) is 7.42. The first-order chi connectivity index (χ1) is 8.06. The smallest absolute Gasteiger partial charge is 0.335 e. The van der Waals surface area contributed by atoms with Gasteiger partial charge in [-0.3, -0.25) is 0 Å². The van der Waals surface area contributed by atoms with E-state index in [2.05, 4.69) is 12.2 Å². The molecule has 0 heterocycles. The van der Waals surface area contributed by atoms with Gasteiger partial charge in [0.15, 0.2) is 0 Å². The SMILES string of the molecule is CC1CCC(Nc2ccc(C(=O)O)cc2N)C1. The van der Waals surface area contributed by atoms with Crippen LogP contribution in [0, 0.1) is 5.92 Å². The number of anilines is 2. The Balaban J connectivity index is 2.09. The summed E-state index contributed by atoms with van der Waals surface area (Å²) in [6, 6.07) is 5.30. The van der Waals surface area contributed by atoms with Crippen molar-refractivity contribution in [3.05, 3.63) is 23.8 Å². The van der Waals surface area contributed by atoms with Crippen molar-refractivity contribution in [2.45, 2.75) is 32.2 Å². The van der Waals surface area contributed by atoms with Crippen molar-refractivity contribution in [2.24, 2.45) is 5.92 Å². The Bertz CT molecular complexity index is 431. The second kappa shape index (κ2) is 4.65. The minimum absolute atomic E-state index is 0.229. The van der Waals surface area contributed by atoms with Gasteiger partial charge in [-0.25, -0.2) is 4.79 Å². The van der Waals surface area contributed by atoms with Crippen LogP contribution >= 0.6 is 0 Å². The van der Waals surface area contributed by atoms with Crippen molar-refractivity contribution in [1.82, 2.24) is 0 Å². The molecular weight excluding hydrogens is 216 g/mol. The predicted octanol–water partition coefficient (Wildman–Crippen LogP) is 2.57. The van der Waals surface area contributed by atoms with Crippen LogP contribution in [-0.2, 0) is 0 Å². The van der Waals surface area contributed by atoms with Crippen LogP contribution in [0.2, 0.25) is 0 Å². The van der Waals surface area contributed by atoms with Crippen LogP contribution in [-0.4, -0.2) is 17.1 Å². The predicted molar refractivity (Wildman–Crippen MR) is 68.2 cm³/mol. The fourth-order valence-corrected chi connectivity index (χ4v) is 2.39. The molecule has 0 saturated heterocycles. The first-order valence-electron chi connectivity index (χ1n) is 5.95. The average Bonchev–Trinajstić information content (AvgIpc) is 2.67. The molecule has 92 valence electrons. The zero-order valence-corrected chi connectivity index (χ0v) is 9.94. The van der Waals surface area contributed by atoms with E-state index in [1.54, 1.807) is 12.1 Å². The van der Waals surface area contributed by atoms with Gasteiger partial charge in [-0.2, -0.15) is 0 Å². The fraction of sp³-hybridized carbons (Fsp3) is 0.462. The highest BCUT2D eigenvalue weighted by Gasteiger charge is 2.21. The molecule has 2 rings (SSSR count). The lowest BCUT2D eigenvalue weighted by atomic mass is 10.1. The van der Waals surface area contributed by atoms with E-state index >= 15 is 0 Å². The summed E-state index contributed by atoms with van der Waals surface area (Å²) in [5, 5.41) is 12.2. The summed E-state index contributed by atoms with van der Waals surface area (Å²) in [4.78, 5) is 10.8. The average molecular weight is 234 g/mol. The third-order valence-electron chi connectivity index (χ3n) is 3.35. The molecule has 2 unspecified atom stereocenters. The maximum atomic E-state index is 10.8. The molecule has 0 aliphatic heterocycles. The standard InChI is InChI=1S/C13H18N2O2/c1-8-2-4-10(6-8)15-12-5-3-9(13(16)17)7-11(12)14/h3,5,7-8,10,15H,2,4,6,14H2,1H3,(H,16,17). The molecule has 17 heavy (non-hydrogen) atoms. The van der Waals surface area contributed by atoms with E-state index in [0.29, 0.717) is 11.7 Å². The van der Waals surface area contributed by atoms with Crippen molar-refractivity contribution in [3.63, 3.8) is 0 Å². The van der Waals surface area contributed by atoms with E-state index in [1.165, 1.54) is 12.5 Å². The molecule has 4 nitrogen and oxygen atoms in total. The lowest BCUT2D eigenvalue weighted by Gasteiger charge is -2.16. The zero-order chi connectivity index (χ0) is 12.4. The van der Waals surface area contributed by atoms with E-state index in [0.717, 1.165) is 24.4 Å². The quantitative estimate of drug-likeness (QED) is 0.702. The Kier molecular flexibility index (Phi) is 3.22. The summed E-state index contributed by atoms with van der Waals surface area (Å²) in [7, 11) is 0. The Morgan fingerprint density at radius 1 is 1.47 bits per heavy atom. The molecule has 2 atom stereocenters. The van der Waals surface area contributed by atoms with E-state index in [-0.39, 0.29) is 5.56 Å². The molecule has 1 aliphatic carbocycles. The fourth-order valence-electron chi connectivity index (χ4n) is 2.39. The number of nitrogen functional groups attached to an aromatic ring is 1. The Morgan fingerprint density at radius 3 is 2.76 bits per heavy atom. The number of hydrogen-bond acceptors (Lipinski definition) is 3. The number of carbonyl (C=O) groups is 1. The Morgan fingerprint density at radius 2 is 2.24 bits per heavy atom. The number of carboxylic acid groups (broad SMARTS) is 1. The highest BCUT2D eigenvalue weighted by molar-refractivity contribution is 5.90. The van der Waals surface area contributed by atoms with Gasteiger partial charge in [-0.1, -0.05) is 6.92 Å². The molecule has 1 aromatic rings. The number of nitrogens with two attached hydrogens (primary N) is 1. The van der Waals surface area contributed by atoms with Crippen LogP contribution < -0.4 is 11.1 Å². The number of benzene rings is 1. The van der Waals surface area contributed by atoms with Crippen molar-refractivity contribution in [1.29, 1.82) is 0 Å². The van der Waals surface area contributed by atoms with Crippen LogP contribution in [0.3, 0.4) is 0 Å². The first kappa shape index (κ1) is 11.8. The second-order valence-electron chi connectivity index (χ2n) is 4.87. The van der Waals surface area contributed by atoms with Crippen LogP contribution in [0.15, 0.2) is 18.2 Å². The van der Waals surface area contributed by atoms with Gasteiger partial charge in [-0.15, -0.1) is 0 Å². The third-order valence-corrected chi connectivity index (χ3v) is 3.35. The van der Waals surface area contributed by atoms with Gasteiger partial charge in [0.1, 0.15) is 0 Å². The highest BCUT2D eigenvalue weighted by Crippen LogP contribution is 2.29. The normalized spacial score (nSPS) is 23.6. The highest BCUT2D eigenvalue weighted by atomic mass is 16.4. The summed E-state index contributed by atoms with van der Waals surface area (Å²) in [6.45, 7) is 2.25. The molecule has 1 aromatic carbocycles. The summed E-state index contributed by atoms with van der Waals surface area (Å²) in [5.74, 6) is -0.190. The minimum atomic E-state index is -0.947. The minimum Gasteiger partial charge on any atom is -0.478 e. The molecule has 1 aliphatic rings. The van der Waals surface area contributed by atoms with Crippen LogP contribution in [0.1, 0.15) is 36.5 Å². The van der Waals surface area contributed by atoms with Gasteiger partial charge in [0.2, 0.25) is 0 Å². The van der Waals surface area contributed by atoms with Crippen molar-refractivity contribution in [2.75, 3.05) is 11.1 Å². The van der Waals surface area contributed by atoms with Crippen molar-refractivity contribution in [3.8, 4) is 0 Å². The molecule has 0 aromatic heterocycles. The molecule has 4 N–H and O–H groups in total. The van der Waals surface area contributed by atoms with Gasteiger partial charge in [-0.05, 0) is 43.4 Å². The summed E-state index contributed by atoms with van der Waals surface area (Å²) >= 11 is 0. The third kappa shape index (κ3) is 2.70. The van der Waals surface area contributed by atoms with E-state index < -0.39 is 5.97 Å². The summed E-state index contributed by atoms with van der Waals surface area (Å²) in [6.07, 6.45) is 3.55. The number of hydrogen-bond donors (Lipinski definition) is 3. The molecule has 4 heteroatoms. The number of carboxylic acids is 1. The largest absolute Gasteiger partial charge is 0.478 e. The van der Waals surface area contributed by atoms with Gasteiger partial charge < -0.3 is 16.2 Å². The Hall–Kier alpha value is -1.71. The Labute approximate surface area is 101 Å². The van der Waals surface area contributed by atoms with E-state index in [1.807, 2.05) is 0 Å².